The summed E-state index contributed by atoms with van der Waals surface area (Å²) in [7, 11) is -3.89. The van der Waals surface area contributed by atoms with Crippen molar-refractivity contribution in [1.82, 2.24) is 4.72 Å². The lowest BCUT2D eigenvalue weighted by atomic mass is 10.1. The quantitative estimate of drug-likeness (QED) is 0.869. The standard InChI is InChI=1S/C12H13Cl2NO3S/c1-8-3-5-9(6-4-8)19(17,18)15-10(16)11(2)7-12(11,13)14/h3-6H,7H2,1-2H3,(H,15,16). The number of carbonyl (C=O) groups excluding carboxylic acids is 1. The van der Waals surface area contributed by atoms with Gasteiger partial charge in [-0.1, -0.05) is 17.7 Å². The molecule has 0 aliphatic heterocycles. The molecular formula is C12H13Cl2NO3S. The number of rotatable bonds is 3. The maximum atomic E-state index is 12.0. The van der Waals surface area contributed by atoms with Crippen molar-refractivity contribution in [2.75, 3.05) is 0 Å². The van der Waals surface area contributed by atoms with Gasteiger partial charge in [-0.2, -0.15) is 0 Å². The number of nitrogens with one attached hydrogen (secondary N) is 1. The highest BCUT2D eigenvalue weighted by Crippen LogP contribution is 2.63. The van der Waals surface area contributed by atoms with Gasteiger partial charge in [0.15, 0.2) is 0 Å². The van der Waals surface area contributed by atoms with Crippen molar-refractivity contribution in [3.05, 3.63) is 29.8 Å². The van der Waals surface area contributed by atoms with Crippen molar-refractivity contribution in [1.29, 1.82) is 0 Å². The van der Waals surface area contributed by atoms with E-state index in [2.05, 4.69) is 0 Å². The Hall–Kier alpha value is -0.780. The average Bonchev–Trinajstić information content (AvgIpc) is 2.79. The van der Waals surface area contributed by atoms with E-state index in [4.69, 9.17) is 23.2 Å². The van der Waals surface area contributed by atoms with Gasteiger partial charge >= 0.3 is 0 Å². The van der Waals surface area contributed by atoms with Crippen molar-refractivity contribution >= 4 is 39.1 Å². The Kier molecular flexibility index (Phi) is 3.36. The highest BCUT2D eigenvalue weighted by molar-refractivity contribution is 7.90. The first kappa shape index (κ1) is 14.6. The van der Waals surface area contributed by atoms with Gasteiger partial charge in [0.05, 0.1) is 10.3 Å². The molecule has 1 N–H and O–H groups in total. The smallest absolute Gasteiger partial charge is 0.264 e. The Morgan fingerprint density at radius 1 is 1.26 bits per heavy atom. The van der Waals surface area contributed by atoms with Gasteiger partial charge in [0.2, 0.25) is 5.91 Å². The van der Waals surface area contributed by atoms with Crippen LogP contribution in [0.15, 0.2) is 29.2 Å². The van der Waals surface area contributed by atoms with Gasteiger partial charge in [-0.05, 0) is 32.4 Å². The first-order valence-electron chi connectivity index (χ1n) is 5.60. The molecule has 0 saturated heterocycles. The lowest BCUT2D eigenvalue weighted by molar-refractivity contribution is -0.123. The number of halogens is 2. The van der Waals surface area contributed by atoms with Crippen molar-refractivity contribution in [3.63, 3.8) is 0 Å². The highest BCUT2D eigenvalue weighted by atomic mass is 35.5. The summed E-state index contributed by atoms with van der Waals surface area (Å²) >= 11 is 11.7. The summed E-state index contributed by atoms with van der Waals surface area (Å²) in [5, 5.41) is 0. The lowest BCUT2D eigenvalue weighted by Gasteiger charge is -2.13. The topological polar surface area (TPSA) is 63.2 Å². The zero-order valence-corrected chi connectivity index (χ0v) is 12.7. The van der Waals surface area contributed by atoms with E-state index in [0.29, 0.717) is 0 Å². The molecule has 2 rings (SSSR count). The number of alkyl halides is 2. The lowest BCUT2D eigenvalue weighted by Crippen LogP contribution is -2.37. The Bertz CT molecular complexity index is 625. The number of aryl methyl sites for hydroxylation is 1. The summed E-state index contributed by atoms with van der Waals surface area (Å²) in [6, 6.07) is 6.19. The van der Waals surface area contributed by atoms with Crippen LogP contribution in [0.1, 0.15) is 18.9 Å². The second-order valence-electron chi connectivity index (χ2n) is 4.96. The van der Waals surface area contributed by atoms with Crippen LogP contribution in [0.5, 0.6) is 0 Å². The summed E-state index contributed by atoms with van der Waals surface area (Å²) in [6.07, 6.45) is 0.234. The highest BCUT2D eigenvalue weighted by Gasteiger charge is 2.68. The number of sulfonamides is 1. The molecule has 1 aromatic rings. The number of hydrogen-bond donors (Lipinski definition) is 1. The second-order valence-corrected chi connectivity index (χ2v) is 8.13. The third-order valence-electron chi connectivity index (χ3n) is 3.32. The van der Waals surface area contributed by atoms with Crippen LogP contribution in [-0.4, -0.2) is 18.7 Å². The predicted octanol–water partition coefficient (Wildman–Crippen LogP) is 2.38. The molecule has 4 nitrogen and oxygen atoms in total. The van der Waals surface area contributed by atoms with Crippen LogP contribution in [0.4, 0.5) is 0 Å². The van der Waals surface area contributed by atoms with Gasteiger partial charge in [0.25, 0.3) is 10.0 Å². The number of hydrogen-bond acceptors (Lipinski definition) is 3. The summed E-state index contributed by atoms with van der Waals surface area (Å²) in [4.78, 5) is 12.0. The van der Waals surface area contributed by atoms with Crippen molar-refractivity contribution in [2.24, 2.45) is 5.41 Å². The molecule has 7 heteroatoms. The number of benzene rings is 1. The monoisotopic (exact) mass is 321 g/mol. The minimum Gasteiger partial charge on any atom is -0.273 e. The molecule has 0 aromatic heterocycles. The SMILES string of the molecule is Cc1ccc(S(=O)(=O)NC(=O)C2(C)CC2(Cl)Cl)cc1. The Morgan fingerprint density at radius 3 is 2.16 bits per heavy atom. The molecule has 104 valence electrons. The third-order valence-corrected chi connectivity index (χ3v) is 5.77. The molecule has 1 amide bonds. The Morgan fingerprint density at radius 2 is 1.74 bits per heavy atom. The zero-order chi connectivity index (χ0) is 14.5. The van der Waals surface area contributed by atoms with Crippen LogP contribution in [0.25, 0.3) is 0 Å². The fraction of sp³-hybridized carbons (Fsp3) is 0.417. The van der Waals surface area contributed by atoms with E-state index in [1.165, 1.54) is 19.1 Å². The fourth-order valence-electron chi connectivity index (χ4n) is 1.66. The molecule has 1 saturated carbocycles. The molecule has 19 heavy (non-hydrogen) atoms. The van der Waals surface area contributed by atoms with Crippen LogP contribution in [0.3, 0.4) is 0 Å². The molecule has 0 spiro atoms. The van der Waals surface area contributed by atoms with Gasteiger partial charge < -0.3 is 0 Å². The maximum absolute atomic E-state index is 12.0. The molecule has 1 unspecified atom stereocenters. The van der Waals surface area contributed by atoms with E-state index in [0.717, 1.165) is 5.56 Å². The Balaban J connectivity index is 2.19. The normalized spacial score (nSPS) is 24.8. The maximum Gasteiger partial charge on any atom is 0.264 e. The van der Waals surface area contributed by atoms with E-state index in [1.54, 1.807) is 12.1 Å². The van der Waals surface area contributed by atoms with Crippen LogP contribution in [0.2, 0.25) is 0 Å². The van der Waals surface area contributed by atoms with Crippen molar-refractivity contribution in [3.8, 4) is 0 Å². The summed E-state index contributed by atoms with van der Waals surface area (Å²) in [5.74, 6) is -0.682. The number of amides is 1. The summed E-state index contributed by atoms with van der Waals surface area (Å²) < 4.78 is 24.9. The molecule has 1 aliphatic carbocycles. The Labute approximate surface area is 122 Å². The molecular weight excluding hydrogens is 309 g/mol. The number of carbonyl (C=O) groups is 1. The molecule has 1 aromatic carbocycles. The van der Waals surface area contributed by atoms with Gasteiger partial charge in [-0.25, -0.2) is 13.1 Å². The van der Waals surface area contributed by atoms with Gasteiger partial charge in [0.1, 0.15) is 4.33 Å². The summed E-state index contributed by atoms with van der Waals surface area (Å²) in [6.45, 7) is 3.38. The average molecular weight is 322 g/mol. The minimum atomic E-state index is -3.89. The first-order chi connectivity index (χ1) is 8.58. The molecule has 1 atom stereocenters. The van der Waals surface area contributed by atoms with Gasteiger partial charge in [0, 0.05) is 0 Å². The van der Waals surface area contributed by atoms with Crippen molar-refractivity contribution in [2.45, 2.75) is 29.5 Å². The van der Waals surface area contributed by atoms with Crippen LogP contribution < -0.4 is 4.72 Å². The van der Waals surface area contributed by atoms with E-state index < -0.39 is 25.7 Å². The summed E-state index contributed by atoms with van der Waals surface area (Å²) in [5.41, 5.74) is -0.131. The molecule has 0 bridgehead atoms. The fourth-order valence-corrected chi connectivity index (χ4v) is 3.44. The minimum absolute atomic E-state index is 0.0328. The molecule has 0 radical (unpaired) electrons. The molecule has 1 aliphatic rings. The van der Waals surface area contributed by atoms with E-state index in [1.807, 2.05) is 11.6 Å². The zero-order valence-electron chi connectivity index (χ0n) is 10.4. The van der Waals surface area contributed by atoms with E-state index >= 15 is 0 Å². The van der Waals surface area contributed by atoms with E-state index in [9.17, 15) is 13.2 Å². The molecule has 1 fully saturated rings. The van der Waals surface area contributed by atoms with Crippen molar-refractivity contribution < 1.29 is 13.2 Å². The van der Waals surface area contributed by atoms with Gasteiger partial charge in [-0.15, -0.1) is 23.2 Å². The van der Waals surface area contributed by atoms with Crippen LogP contribution in [-0.2, 0) is 14.8 Å². The van der Waals surface area contributed by atoms with Gasteiger partial charge in [-0.3, -0.25) is 4.79 Å². The second kappa shape index (κ2) is 4.36. The van der Waals surface area contributed by atoms with E-state index in [-0.39, 0.29) is 11.3 Å². The van der Waals surface area contributed by atoms with Crippen LogP contribution in [0, 0.1) is 12.3 Å². The third kappa shape index (κ3) is 2.59. The predicted molar refractivity (Wildman–Crippen MR) is 73.7 cm³/mol. The first-order valence-corrected chi connectivity index (χ1v) is 7.84. The van der Waals surface area contributed by atoms with Crippen LogP contribution >= 0.6 is 23.2 Å². The molecule has 0 heterocycles. The largest absolute Gasteiger partial charge is 0.273 e.